The standard InChI is InChI=1S/C14H24N2O/c1-10(2)11-6-7-14(17-3)12(9-11)13(16)5-4-8-15/h6-7,9-10,13H,4-5,8,15-16H2,1-3H3/t13-/m1/s1. The highest BCUT2D eigenvalue weighted by molar-refractivity contribution is 5.40. The Hall–Kier alpha value is -1.06. The molecule has 0 radical (unpaired) electrons. The Balaban J connectivity index is 2.96. The van der Waals surface area contributed by atoms with Gasteiger partial charge in [-0.25, -0.2) is 0 Å². The molecule has 3 heteroatoms. The van der Waals surface area contributed by atoms with Gasteiger partial charge < -0.3 is 16.2 Å². The van der Waals surface area contributed by atoms with E-state index in [4.69, 9.17) is 16.2 Å². The lowest BCUT2D eigenvalue weighted by molar-refractivity contribution is 0.403. The average Bonchev–Trinajstić information content (AvgIpc) is 2.34. The molecule has 17 heavy (non-hydrogen) atoms. The zero-order chi connectivity index (χ0) is 12.8. The van der Waals surface area contributed by atoms with Crippen molar-refractivity contribution in [1.82, 2.24) is 0 Å². The second-order valence-electron chi connectivity index (χ2n) is 4.69. The van der Waals surface area contributed by atoms with Crippen molar-refractivity contribution < 1.29 is 4.74 Å². The first-order valence-electron chi connectivity index (χ1n) is 6.23. The lowest BCUT2D eigenvalue weighted by atomic mass is 9.95. The van der Waals surface area contributed by atoms with Crippen molar-refractivity contribution in [1.29, 1.82) is 0 Å². The minimum absolute atomic E-state index is 0.00667. The highest BCUT2D eigenvalue weighted by atomic mass is 16.5. The highest BCUT2D eigenvalue weighted by Gasteiger charge is 2.13. The average molecular weight is 236 g/mol. The summed E-state index contributed by atoms with van der Waals surface area (Å²) in [7, 11) is 1.68. The molecular weight excluding hydrogens is 212 g/mol. The van der Waals surface area contributed by atoms with Gasteiger partial charge in [0.25, 0.3) is 0 Å². The predicted molar refractivity (Wildman–Crippen MR) is 72.3 cm³/mol. The van der Waals surface area contributed by atoms with E-state index >= 15 is 0 Å². The summed E-state index contributed by atoms with van der Waals surface area (Å²) in [6, 6.07) is 6.27. The van der Waals surface area contributed by atoms with Crippen LogP contribution in [0.15, 0.2) is 18.2 Å². The lowest BCUT2D eigenvalue weighted by Crippen LogP contribution is -2.14. The molecule has 1 aromatic carbocycles. The van der Waals surface area contributed by atoms with Gasteiger partial charge in [-0.3, -0.25) is 0 Å². The van der Waals surface area contributed by atoms with Crippen LogP contribution < -0.4 is 16.2 Å². The van der Waals surface area contributed by atoms with Gasteiger partial charge in [-0.15, -0.1) is 0 Å². The smallest absolute Gasteiger partial charge is 0.123 e. The van der Waals surface area contributed by atoms with Gasteiger partial charge in [-0.1, -0.05) is 26.0 Å². The largest absolute Gasteiger partial charge is 0.496 e. The van der Waals surface area contributed by atoms with E-state index in [0.717, 1.165) is 24.2 Å². The summed E-state index contributed by atoms with van der Waals surface area (Å²) in [5.74, 6) is 1.38. The van der Waals surface area contributed by atoms with E-state index in [2.05, 4.69) is 26.0 Å². The van der Waals surface area contributed by atoms with Gasteiger partial charge >= 0.3 is 0 Å². The van der Waals surface area contributed by atoms with Crippen LogP contribution in [0.1, 0.15) is 49.8 Å². The molecule has 0 aliphatic carbocycles. The first kappa shape index (κ1) is 14.0. The number of rotatable bonds is 6. The third kappa shape index (κ3) is 3.72. The molecule has 1 rings (SSSR count). The molecular formula is C14H24N2O. The minimum atomic E-state index is 0.00667. The van der Waals surface area contributed by atoms with Gasteiger partial charge in [0, 0.05) is 11.6 Å². The summed E-state index contributed by atoms with van der Waals surface area (Å²) in [6.07, 6.45) is 1.84. The topological polar surface area (TPSA) is 61.3 Å². The van der Waals surface area contributed by atoms with E-state index in [-0.39, 0.29) is 6.04 Å². The molecule has 4 N–H and O–H groups in total. The maximum absolute atomic E-state index is 6.19. The summed E-state index contributed by atoms with van der Waals surface area (Å²) in [6.45, 7) is 5.04. The normalized spacial score (nSPS) is 12.8. The molecule has 96 valence electrons. The van der Waals surface area contributed by atoms with Crippen molar-refractivity contribution in [2.24, 2.45) is 11.5 Å². The van der Waals surface area contributed by atoms with Crippen LogP contribution in [-0.2, 0) is 0 Å². The lowest BCUT2D eigenvalue weighted by Gasteiger charge is -2.18. The van der Waals surface area contributed by atoms with Crippen molar-refractivity contribution in [2.75, 3.05) is 13.7 Å². The summed E-state index contributed by atoms with van der Waals surface area (Å²) in [4.78, 5) is 0. The van der Waals surface area contributed by atoms with E-state index in [0.29, 0.717) is 12.5 Å². The Morgan fingerprint density at radius 2 is 2.00 bits per heavy atom. The summed E-state index contributed by atoms with van der Waals surface area (Å²) < 4.78 is 5.37. The van der Waals surface area contributed by atoms with Gasteiger partial charge in [0.05, 0.1) is 7.11 Å². The minimum Gasteiger partial charge on any atom is -0.496 e. The molecule has 0 bridgehead atoms. The molecule has 0 heterocycles. The highest BCUT2D eigenvalue weighted by Crippen LogP contribution is 2.29. The SMILES string of the molecule is COc1ccc(C(C)C)cc1[C@H](N)CCCN. The Morgan fingerprint density at radius 3 is 2.53 bits per heavy atom. The molecule has 0 fully saturated rings. The molecule has 0 spiro atoms. The molecule has 0 unspecified atom stereocenters. The number of ether oxygens (including phenoxy) is 1. The first-order valence-corrected chi connectivity index (χ1v) is 6.23. The molecule has 0 aromatic heterocycles. The Kier molecular flexibility index (Phi) is 5.45. The van der Waals surface area contributed by atoms with Crippen LogP contribution in [0.25, 0.3) is 0 Å². The Morgan fingerprint density at radius 1 is 1.29 bits per heavy atom. The molecule has 1 atom stereocenters. The number of benzene rings is 1. The van der Waals surface area contributed by atoms with Crippen LogP contribution in [0, 0.1) is 0 Å². The molecule has 0 amide bonds. The van der Waals surface area contributed by atoms with Crippen molar-refractivity contribution in [3.63, 3.8) is 0 Å². The second kappa shape index (κ2) is 6.62. The van der Waals surface area contributed by atoms with Crippen molar-refractivity contribution in [3.8, 4) is 5.75 Å². The zero-order valence-corrected chi connectivity index (χ0v) is 11.1. The van der Waals surface area contributed by atoms with Gasteiger partial charge in [0.2, 0.25) is 0 Å². The van der Waals surface area contributed by atoms with Crippen molar-refractivity contribution >= 4 is 0 Å². The first-order chi connectivity index (χ1) is 8.10. The fourth-order valence-electron chi connectivity index (χ4n) is 1.89. The zero-order valence-electron chi connectivity index (χ0n) is 11.1. The van der Waals surface area contributed by atoms with Crippen LogP contribution in [0.5, 0.6) is 5.75 Å². The number of hydrogen-bond acceptors (Lipinski definition) is 3. The number of methoxy groups -OCH3 is 1. The fraction of sp³-hybridized carbons (Fsp3) is 0.571. The van der Waals surface area contributed by atoms with Gasteiger partial charge in [0.15, 0.2) is 0 Å². The molecule has 0 aliphatic rings. The third-order valence-electron chi connectivity index (χ3n) is 3.04. The van der Waals surface area contributed by atoms with Crippen LogP contribution >= 0.6 is 0 Å². The van der Waals surface area contributed by atoms with Gasteiger partial charge in [-0.2, -0.15) is 0 Å². The van der Waals surface area contributed by atoms with Crippen LogP contribution in [0.3, 0.4) is 0 Å². The summed E-state index contributed by atoms with van der Waals surface area (Å²) >= 11 is 0. The molecule has 0 saturated carbocycles. The molecule has 0 saturated heterocycles. The summed E-state index contributed by atoms with van der Waals surface area (Å²) in [5, 5.41) is 0. The van der Waals surface area contributed by atoms with E-state index in [9.17, 15) is 0 Å². The third-order valence-corrected chi connectivity index (χ3v) is 3.04. The predicted octanol–water partition coefficient (Wildman–Crippen LogP) is 2.56. The maximum Gasteiger partial charge on any atom is 0.123 e. The maximum atomic E-state index is 6.19. The van der Waals surface area contributed by atoms with E-state index in [1.54, 1.807) is 7.11 Å². The summed E-state index contributed by atoms with van der Waals surface area (Å²) in [5.41, 5.74) is 14.1. The van der Waals surface area contributed by atoms with Gasteiger partial charge in [0.1, 0.15) is 5.75 Å². The van der Waals surface area contributed by atoms with E-state index in [1.807, 2.05) is 6.07 Å². The second-order valence-corrected chi connectivity index (χ2v) is 4.69. The quantitative estimate of drug-likeness (QED) is 0.798. The molecule has 0 aliphatic heterocycles. The van der Waals surface area contributed by atoms with Crippen molar-refractivity contribution in [2.45, 2.75) is 38.6 Å². The van der Waals surface area contributed by atoms with Crippen LogP contribution in [-0.4, -0.2) is 13.7 Å². The fourth-order valence-corrected chi connectivity index (χ4v) is 1.89. The van der Waals surface area contributed by atoms with E-state index in [1.165, 1.54) is 5.56 Å². The number of hydrogen-bond donors (Lipinski definition) is 2. The molecule has 3 nitrogen and oxygen atoms in total. The van der Waals surface area contributed by atoms with Crippen LogP contribution in [0.4, 0.5) is 0 Å². The van der Waals surface area contributed by atoms with Crippen molar-refractivity contribution in [3.05, 3.63) is 29.3 Å². The monoisotopic (exact) mass is 236 g/mol. The Labute approximate surface area is 104 Å². The molecule has 1 aromatic rings. The van der Waals surface area contributed by atoms with Crippen LogP contribution in [0.2, 0.25) is 0 Å². The van der Waals surface area contributed by atoms with E-state index < -0.39 is 0 Å². The van der Waals surface area contributed by atoms with Gasteiger partial charge in [-0.05, 0) is 36.9 Å². The number of nitrogens with two attached hydrogens (primary N) is 2. The Bertz CT molecular complexity index is 350.